The standard InChI is InChI=1S/C19H24N6OS.HI/c1-14-22-16(13-27-14)12-24(3)19(20-2)21-11-15-9-10-25(23-15)17-5-7-18(26-4)8-6-17;/h5-10,13H,11-12H2,1-4H3,(H,20,21);1H. The van der Waals surface area contributed by atoms with Crippen molar-refractivity contribution in [2.24, 2.45) is 4.99 Å². The Labute approximate surface area is 186 Å². The van der Waals surface area contributed by atoms with Crippen molar-refractivity contribution in [3.63, 3.8) is 0 Å². The fraction of sp³-hybridized carbons (Fsp3) is 0.316. The number of hydrogen-bond donors (Lipinski definition) is 1. The SMILES string of the molecule is CN=C(NCc1ccn(-c2ccc(OC)cc2)n1)N(C)Cc1csc(C)n1.I. The number of aromatic nitrogens is 3. The molecule has 3 aromatic rings. The lowest BCUT2D eigenvalue weighted by Crippen LogP contribution is -2.38. The second-order valence-electron chi connectivity index (χ2n) is 6.06. The predicted octanol–water partition coefficient (Wildman–Crippen LogP) is 3.47. The second-order valence-corrected chi connectivity index (χ2v) is 7.13. The van der Waals surface area contributed by atoms with E-state index in [1.807, 2.05) is 55.2 Å². The van der Waals surface area contributed by atoms with Crippen molar-refractivity contribution in [2.45, 2.75) is 20.0 Å². The summed E-state index contributed by atoms with van der Waals surface area (Å²) in [5, 5.41) is 11.1. The summed E-state index contributed by atoms with van der Waals surface area (Å²) in [6.45, 7) is 3.32. The smallest absolute Gasteiger partial charge is 0.194 e. The van der Waals surface area contributed by atoms with Gasteiger partial charge < -0.3 is 15.0 Å². The molecule has 0 atom stereocenters. The Morgan fingerprint density at radius 2 is 2.00 bits per heavy atom. The highest BCUT2D eigenvalue weighted by Crippen LogP contribution is 2.14. The molecule has 2 aromatic heterocycles. The van der Waals surface area contributed by atoms with Crippen LogP contribution in [0.5, 0.6) is 5.75 Å². The summed E-state index contributed by atoms with van der Waals surface area (Å²) >= 11 is 1.66. The molecule has 150 valence electrons. The molecule has 1 aromatic carbocycles. The topological polar surface area (TPSA) is 67.6 Å². The first-order chi connectivity index (χ1) is 13.1. The van der Waals surface area contributed by atoms with E-state index in [-0.39, 0.29) is 24.0 Å². The van der Waals surface area contributed by atoms with E-state index in [1.165, 1.54) is 0 Å². The van der Waals surface area contributed by atoms with Gasteiger partial charge in [-0.1, -0.05) is 0 Å². The fourth-order valence-corrected chi connectivity index (χ4v) is 3.29. The van der Waals surface area contributed by atoms with Crippen molar-refractivity contribution < 1.29 is 4.74 Å². The minimum Gasteiger partial charge on any atom is -0.497 e. The summed E-state index contributed by atoms with van der Waals surface area (Å²) < 4.78 is 7.04. The minimum atomic E-state index is 0. The molecule has 0 fully saturated rings. The molecule has 0 saturated heterocycles. The van der Waals surface area contributed by atoms with Gasteiger partial charge in [0.2, 0.25) is 0 Å². The highest BCUT2D eigenvalue weighted by Gasteiger charge is 2.09. The molecule has 2 heterocycles. The normalized spacial score (nSPS) is 11.1. The van der Waals surface area contributed by atoms with Crippen LogP contribution in [0.2, 0.25) is 0 Å². The van der Waals surface area contributed by atoms with E-state index in [2.05, 4.69) is 30.7 Å². The van der Waals surface area contributed by atoms with Crippen molar-refractivity contribution in [1.29, 1.82) is 0 Å². The molecule has 7 nitrogen and oxygen atoms in total. The van der Waals surface area contributed by atoms with Crippen LogP contribution < -0.4 is 10.1 Å². The van der Waals surface area contributed by atoms with Crippen LogP contribution in [0.15, 0.2) is 46.9 Å². The first-order valence-corrected chi connectivity index (χ1v) is 9.49. The number of benzene rings is 1. The number of thiazole rings is 1. The molecule has 0 aliphatic carbocycles. The maximum absolute atomic E-state index is 5.19. The van der Waals surface area contributed by atoms with E-state index in [0.29, 0.717) is 13.1 Å². The zero-order chi connectivity index (χ0) is 19.2. The lowest BCUT2D eigenvalue weighted by Gasteiger charge is -2.20. The molecule has 0 aliphatic heterocycles. The lowest BCUT2D eigenvalue weighted by molar-refractivity contribution is 0.414. The number of aliphatic imine (C=N–C) groups is 1. The third kappa shape index (κ3) is 5.68. The van der Waals surface area contributed by atoms with Gasteiger partial charge in [0, 0.05) is 25.7 Å². The van der Waals surface area contributed by atoms with Gasteiger partial charge in [0.15, 0.2) is 5.96 Å². The van der Waals surface area contributed by atoms with E-state index in [1.54, 1.807) is 25.5 Å². The number of guanidine groups is 1. The number of halogens is 1. The molecule has 0 bridgehead atoms. The van der Waals surface area contributed by atoms with Crippen LogP contribution in [0.1, 0.15) is 16.4 Å². The van der Waals surface area contributed by atoms with E-state index >= 15 is 0 Å². The van der Waals surface area contributed by atoms with Crippen LogP contribution in [0.3, 0.4) is 0 Å². The van der Waals surface area contributed by atoms with E-state index in [0.717, 1.165) is 33.8 Å². The van der Waals surface area contributed by atoms with Crippen LogP contribution in [0, 0.1) is 6.92 Å². The van der Waals surface area contributed by atoms with Crippen molar-refractivity contribution in [3.05, 3.63) is 58.3 Å². The van der Waals surface area contributed by atoms with Gasteiger partial charge in [-0.15, -0.1) is 35.3 Å². The monoisotopic (exact) mass is 512 g/mol. The summed E-state index contributed by atoms with van der Waals surface area (Å²) in [7, 11) is 5.44. The number of aryl methyl sites for hydroxylation is 1. The number of rotatable bonds is 6. The van der Waals surface area contributed by atoms with Crippen LogP contribution in [-0.2, 0) is 13.1 Å². The molecule has 0 unspecified atom stereocenters. The van der Waals surface area contributed by atoms with Crippen molar-refractivity contribution in [2.75, 3.05) is 21.2 Å². The van der Waals surface area contributed by atoms with Crippen molar-refractivity contribution in [3.8, 4) is 11.4 Å². The largest absolute Gasteiger partial charge is 0.497 e. The van der Waals surface area contributed by atoms with E-state index in [9.17, 15) is 0 Å². The molecular formula is C19H25IN6OS. The third-order valence-corrected chi connectivity index (χ3v) is 4.87. The Hall–Kier alpha value is -2.14. The fourth-order valence-electron chi connectivity index (χ4n) is 2.69. The second kappa shape index (κ2) is 10.4. The first kappa shape index (κ1) is 22.2. The molecule has 1 N–H and O–H groups in total. The van der Waals surface area contributed by atoms with Crippen LogP contribution in [-0.4, -0.2) is 46.8 Å². The molecular weight excluding hydrogens is 487 g/mol. The number of nitrogens with zero attached hydrogens (tertiary/aromatic N) is 5. The van der Waals surface area contributed by atoms with Gasteiger partial charge in [0.25, 0.3) is 0 Å². The van der Waals surface area contributed by atoms with Crippen LogP contribution in [0.4, 0.5) is 0 Å². The molecule has 0 radical (unpaired) electrons. The average Bonchev–Trinajstić information content (AvgIpc) is 3.31. The maximum Gasteiger partial charge on any atom is 0.194 e. The van der Waals surface area contributed by atoms with E-state index in [4.69, 9.17) is 4.74 Å². The van der Waals surface area contributed by atoms with Crippen molar-refractivity contribution >= 4 is 41.3 Å². The summed E-state index contributed by atoms with van der Waals surface area (Å²) in [6, 6.07) is 9.79. The van der Waals surface area contributed by atoms with Gasteiger partial charge in [-0.3, -0.25) is 4.99 Å². The predicted molar refractivity (Wildman–Crippen MR) is 124 cm³/mol. The summed E-state index contributed by atoms with van der Waals surface area (Å²) in [6.07, 6.45) is 1.95. The van der Waals surface area contributed by atoms with Gasteiger partial charge in [-0.05, 0) is 37.3 Å². The third-order valence-electron chi connectivity index (χ3n) is 4.05. The number of methoxy groups -OCH3 is 1. The highest BCUT2D eigenvalue weighted by molar-refractivity contribution is 14.0. The molecule has 0 spiro atoms. The Kier molecular flexibility index (Phi) is 8.24. The summed E-state index contributed by atoms with van der Waals surface area (Å²) in [5.41, 5.74) is 2.97. The van der Waals surface area contributed by atoms with Crippen LogP contribution >= 0.6 is 35.3 Å². The molecule has 0 amide bonds. The Morgan fingerprint density at radius 3 is 2.61 bits per heavy atom. The van der Waals surface area contributed by atoms with Gasteiger partial charge in [0.05, 0.1) is 42.3 Å². The average molecular weight is 512 g/mol. The lowest BCUT2D eigenvalue weighted by atomic mass is 10.3. The molecule has 3 rings (SSSR count). The Morgan fingerprint density at radius 1 is 1.25 bits per heavy atom. The molecule has 28 heavy (non-hydrogen) atoms. The zero-order valence-electron chi connectivity index (χ0n) is 16.4. The first-order valence-electron chi connectivity index (χ1n) is 8.61. The maximum atomic E-state index is 5.19. The zero-order valence-corrected chi connectivity index (χ0v) is 19.6. The Balaban J connectivity index is 0.00000280. The molecule has 0 aliphatic rings. The van der Waals surface area contributed by atoms with E-state index < -0.39 is 0 Å². The van der Waals surface area contributed by atoms with Crippen LogP contribution in [0.25, 0.3) is 5.69 Å². The number of hydrogen-bond acceptors (Lipinski definition) is 5. The van der Waals surface area contributed by atoms with Gasteiger partial charge in [0.1, 0.15) is 5.75 Å². The minimum absolute atomic E-state index is 0. The van der Waals surface area contributed by atoms with Gasteiger partial charge in [-0.2, -0.15) is 5.10 Å². The highest BCUT2D eigenvalue weighted by atomic mass is 127. The molecule has 0 saturated carbocycles. The summed E-state index contributed by atoms with van der Waals surface area (Å²) in [4.78, 5) is 10.9. The molecule has 9 heteroatoms. The van der Waals surface area contributed by atoms with Crippen molar-refractivity contribution in [1.82, 2.24) is 25.0 Å². The van der Waals surface area contributed by atoms with Gasteiger partial charge >= 0.3 is 0 Å². The summed E-state index contributed by atoms with van der Waals surface area (Å²) in [5.74, 6) is 1.63. The van der Waals surface area contributed by atoms with Gasteiger partial charge in [-0.25, -0.2) is 9.67 Å². The number of ether oxygens (including phenoxy) is 1. The number of nitrogens with one attached hydrogen (secondary N) is 1. The quantitative estimate of drug-likeness (QED) is 0.311. The Bertz CT molecular complexity index is 905.